The van der Waals surface area contributed by atoms with Crippen molar-refractivity contribution in [2.45, 2.75) is 20.5 Å². The molecule has 0 unspecified atom stereocenters. The van der Waals surface area contributed by atoms with Gasteiger partial charge in [-0.05, 0) is 54.3 Å². The van der Waals surface area contributed by atoms with E-state index in [0.29, 0.717) is 65.1 Å². The molecule has 0 aliphatic carbocycles. The molecule has 0 radical (unpaired) electrons. The highest BCUT2D eigenvalue weighted by molar-refractivity contribution is 5.70. The minimum atomic E-state index is 0.196. The summed E-state index contributed by atoms with van der Waals surface area (Å²) in [6, 6.07) is 12.2. The van der Waals surface area contributed by atoms with E-state index < -0.39 is 0 Å². The van der Waals surface area contributed by atoms with Crippen LogP contribution in [0.5, 0.6) is 5.75 Å². The fourth-order valence-corrected chi connectivity index (χ4v) is 3.06. The maximum absolute atomic E-state index is 10.6. The first kappa shape index (κ1) is 25.8. The van der Waals surface area contributed by atoms with Crippen molar-refractivity contribution in [3.63, 3.8) is 0 Å². The first-order valence-electron chi connectivity index (χ1n) is 10.8. The molecule has 0 atom stereocenters. The highest BCUT2D eigenvalue weighted by atomic mass is 16.6. The van der Waals surface area contributed by atoms with Gasteiger partial charge in [0.05, 0.1) is 46.2 Å². The Morgan fingerprint density at radius 3 is 2.09 bits per heavy atom. The lowest BCUT2D eigenvalue weighted by Crippen LogP contribution is -2.13. The number of carbonyl (C=O) groups is 1. The van der Waals surface area contributed by atoms with Crippen molar-refractivity contribution in [3.8, 4) is 16.9 Å². The predicted octanol–water partition coefficient (Wildman–Crippen LogP) is 3.72. The largest absolute Gasteiger partial charge is 0.491 e. The van der Waals surface area contributed by atoms with Crippen LogP contribution >= 0.6 is 0 Å². The van der Waals surface area contributed by atoms with Crippen LogP contribution in [0.4, 0.5) is 0 Å². The third-order valence-corrected chi connectivity index (χ3v) is 4.66. The Balaban J connectivity index is 1.79. The molecule has 2 rings (SSSR count). The van der Waals surface area contributed by atoms with Crippen molar-refractivity contribution in [2.24, 2.45) is 0 Å². The average Bonchev–Trinajstić information content (AvgIpc) is 2.80. The fourth-order valence-electron chi connectivity index (χ4n) is 3.06. The van der Waals surface area contributed by atoms with Crippen LogP contribution in [-0.2, 0) is 35.1 Å². The number of hydrogen-bond donors (Lipinski definition) is 0. The van der Waals surface area contributed by atoms with Crippen LogP contribution in [0.25, 0.3) is 11.1 Å². The van der Waals surface area contributed by atoms with Gasteiger partial charge < -0.3 is 28.4 Å². The van der Waals surface area contributed by atoms with Crippen LogP contribution in [0.1, 0.15) is 16.7 Å². The Hall–Kier alpha value is -2.45. The van der Waals surface area contributed by atoms with E-state index in [9.17, 15) is 4.79 Å². The highest BCUT2D eigenvalue weighted by Crippen LogP contribution is 2.29. The van der Waals surface area contributed by atoms with Gasteiger partial charge >= 0.3 is 0 Å². The third-order valence-electron chi connectivity index (χ3n) is 4.66. The summed E-state index contributed by atoms with van der Waals surface area (Å²) < 4.78 is 32.1. The van der Waals surface area contributed by atoms with E-state index in [1.54, 1.807) is 7.11 Å². The summed E-state index contributed by atoms with van der Waals surface area (Å²) in [5.74, 6) is 0.709. The SMILES string of the molecule is COCCOCCOCCOCCOc1cc(COC=O)cc(-c2cc(C)ccc2C)c1. The lowest BCUT2D eigenvalue weighted by Gasteiger charge is -2.13. The maximum Gasteiger partial charge on any atom is 0.293 e. The van der Waals surface area contributed by atoms with Crippen molar-refractivity contribution in [1.82, 2.24) is 0 Å². The molecule has 7 nitrogen and oxygen atoms in total. The topological polar surface area (TPSA) is 72.5 Å². The van der Waals surface area contributed by atoms with Gasteiger partial charge in [0, 0.05) is 7.11 Å². The van der Waals surface area contributed by atoms with E-state index in [4.69, 9.17) is 28.4 Å². The molecule has 2 aromatic rings. The second kappa shape index (κ2) is 15.4. The molecule has 0 heterocycles. The number of carbonyl (C=O) groups excluding carboxylic acids is 1. The molecular weight excluding hydrogens is 412 g/mol. The van der Waals surface area contributed by atoms with E-state index in [2.05, 4.69) is 32.0 Å². The summed E-state index contributed by atoms with van der Waals surface area (Å²) in [5.41, 5.74) is 5.37. The zero-order valence-corrected chi connectivity index (χ0v) is 19.3. The molecule has 176 valence electrons. The minimum absolute atomic E-state index is 0.196. The van der Waals surface area contributed by atoms with Crippen molar-refractivity contribution in [1.29, 1.82) is 0 Å². The van der Waals surface area contributed by atoms with Crippen LogP contribution in [0, 0.1) is 13.8 Å². The molecule has 0 spiro atoms. The zero-order valence-electron chi connectivity index (χ0n) is 19.3. The number of rotatable bonds is 17. The molecule has 0 N–H and O–H groups in total. The summed E-state index contributed by atoms with van der Waals surface area (Å²) in [6.07, 6.45) is 0. The molecule has 32 heavy (non-hydrogen) atoms. The van der Waals surface area contributed by atoms with E-state index in [1.807, 2.05) is 18.2 Å². The van der Waals surface area contributed by atoms with E-state index in [0.717, 1.165) is 16.7 Å². The molecule has 0 aliphatic heterocycles. The summed E-state index contributed by atoms with van der Waals surface area (Å²) in [5, 5.41) is 0. The highest BCUT2D eigenvalue weighted by Gasteiger charge is 2.08. The van der Waals surface area contributed by atoms with Gasteiger partial charge in [0.1, 0.15) is 19.0 Å². The molecule has 0 aliphatic rings. The standard InChI is InChI=1S/C25H34O7/c1-20-4-5-21(2)25(14-20)23-15-22(18-31-19-26)16-24(17-23)32-13-12-30-11-10-29-9-8-28-7-6-27-3/h4-5,14-17,19H,6-13,18H2,1-3H3. The normalized spacial score (nSPS) is 10.8. The Morgan fingerprint density at radius 2 is 1.44 bits per heavy atom. The van der Waals surface area contributed by atoms with Crippen molar-refractivity contribution < 1.29 is 33.2 Å². The molecule has 0 fully saturated rings. The first-order chi connectivity index (χ1) is 15.6. The Kier molecular flexibility index (Phi) is 12.4. The van der Waals surface area contributed by atoms with Gasteiger partial charge in [0.25, 0.3) is 6.47 Å². The summed E-state index contributed by atoms with van der Waals surface area (Å²) in [4.78, 5) is 10.6. The van der Waals surface area contributed by atoms with Crippen molar-refractivity contribution in [3.05, 3.63) is 53.1 Å². The van der Waals surface area contributed by atoms with Crippen LogP contribution in [-0.4, -0.2) is 66.4 Å². The van der Waals surface area contributed by atoms with Crippen molar-refractivity contribution >= 4 is 6.47 Å². The second-order valence-electron chi connectivity index (χ2n) is 7.27. The number of aryl methyl sites for hydroxylation is 2. The number of ether oxygens (including phenoxy) is 6. The maximum atomic E-state index is 10.6. The smallest absolute Gasteiger partial charge is 0.293 e. The molecule has 2 aromatic carbocycles. The summed E-state index contributed by atoms with van der Waals surface area (Å²) >= 11 is 0. The number of methoxy groups -OCH3 is 1. The van der Waals surface area contributed by atoms with E-state index in [1.165, 1.54) is 11.1 Å². The average molecular weight is 447 g/mol. The third kappa shape index (κ3) is 9.78. The van der Waals surface area contributed by atoms with Gasteiger partial charge in [-0.1, -0.05) is 23.8 Å². The van der Waals surface area contributed by atoms with E-state index in [-0.39, 0.29) is 6.61 Å². The van der Waals surface area contributed by atoms with Gasteiger partial charge in [-0.3, -0.25) is 4.79 Å². The van der Waals surface area contributed by atoms with Gasteiger partial charge in [0.15, 0.2) is 0 Å². The molecule has 0 aromatic heterocycles. The van der Waals surface area contributed by atoms with Gasteiger partial charge in [-0.2, -0.15) is 0 Å². The van der Waals surface area contributed by atoms with Crippen LogP contribution < -0.4 is 4.74 Å². The molecule has 0 amide bonds. The Bertz CT molecular complexity index is 807. The molecule has 0 bridgehead atoms. The monoisotopic (exact) mass is 446 g/mol. The molecule has 0 saturated heterocycles. The number of hydrogen-bond acceptors (Lipinski definition) is 7. The van der Waals surface area contributed by atoms with Gasteiger partial charge in [-0.15, -0.1) is 0 Å². The van der Waals surface area contributed by atoms with Crippen LogP contribution in [0.2, 0.25) is 0 Å². The molecule has 7 heteroatoms. The zero-order chi connectivity index (χ0) is 23.0. The quantitative estimate of drug-likeness (QED) is 0.271. The summed E-state index contributed by atoms with van der Waals surface area (Å²) in [6.45, 7) is 8.86. The Labute approximate surface area is 190 Å². The van der Waals surface area contributed by atoms with Crippen LogP contribution in [0.15, 0.2) is 36.4 Å². The second-order valence-corrected chi connectivity index (χ2v) is 7.27. The van der Waals surface area contributed by atoms with Crippen LogP contribution in [0.3, 0.4) is 0 Å². The van der Waals surface area contributed by atoms with Crippen molar-refractivity contribution in [2.75, 3.05) is 60.0 Å². The predicted molar refractivity (Wildman–Crippen MR) is 122 cm³/mol. The molecule has 0 saturated carbocycles. The number of benzene rings is 2. The lowest BCUT2D eigenvalue weighted by molar-refractivity contribution is -0.129. The first-order valence-corrected chi connectivity index (χ1v) is 10.8. The molecular formula is C25H34O7. The Morgan fingerprint density at radius 1 is 0.781 bits per heavy atom. The minimum Gasteiger partial charge on any atom is -0.491 e. The lowest BCUT2D eigenvalue weighted by atomic mass is 9.97. The fraction of sp³-hybridized carbons (Fsp3) is 0.480. The summed E-state index contributed by atoms with van der Waals surface area (Å²) in [7, 11) is 1.64. The van der Waals surface area contributed by atoms with Gasteiger partial charge in [0.2, 0.25) is 0 Å². The van der Waals surface area contributed by atoms with E-state index >= 15 is 0 Å². The van der Waals surface area contributed by atoms with Gasteiger partial charge in [-0.25, -0.2) is 0 Å².